The van der Waals surface area contributed by atoms with Crippen LogP contribution in [0.1, 0.15) is 31.1 Å². The molecule has 0 aromatic heterocycles. The van der Waals surface area contributed by atoms with Gasteiger partial charge in [-0.05, 0) is 61.6 Å². The second-order valence-corrected chi connectivity index (χ2v) is 7.18. The molecule has 0 bridgehead atoms. The number of amides is 2. The van der Waals surface area contributed by atoms with E-state index in [0.29, 0.717) is 5.56 Å². The molecule has 0 saturated heterocycles. The van der Waals surface area contributed by atoms with Crippen LogP contribution >= 0.6 is 38.5 Å². The van der Waals surface area contributed by atoms with Gasteiger partial charge in [-0.1, -0.05) is 15.9 Å². The van der Waals surface area contributed by atoms with E-state index in [1.165, 1.54) is 0 Å². The van der Waals surface area contributed by atoms with Crippen molar-refractivity contribution in [1.82, 2.24) is 10.6 Å². The number of hydrogen-bond acceptors (Lipinski definition) is 2. The summed E-state index contributed by atoms with van der Waals surface area (Å²) >= 11 is 5.41. The van der Waals surface area contributed by atoms with Gasteiger partial charge < -0.3 is 10.6 Å². The van der Waals surface area contributed by atoms with Gasteiger partial charge in [0.05, 0.1) is 12.1 Å². The van der Waals surface area contributed by atoms with Gasteiger partial charge in [0.15, 0.2) is 0 Å². The van der Waals surface area contributed by atoms with E-state index in [1.807, 2.05) is 32.9 Å². The van der Waals surface area contributed by atoms with Crippen LogP contribution in [-0.4, -0.2) is 23.9 Å². The summed E-state index contributed by atoms with van der Waals surface area (Å²) in [6.45, 7) is 5.65. The predicted octanol–water partition coefficient (Wildman–Crippen LogP) is 2.70. The van der Waals surface area contributed by atoms with Gasteiger partial charge in [-0.2, -0.15) is 0 Å². The molecule has 2 N–H and O–H groups in total. The van der Waals surface area contributed by atoms with Gasteiger partial charge in [0.2, 0.25) is 5.91 Å². The SMILES string of the molecule is CC(C)(C)NC(=O)CNC(=O)c1cc(Br)ccc1I. The Bertz CT molecular complexity index is 498. The average molecular weight is 439 g/mol. The third-order valence-electron chi connectivity index (χ3n) is 2.10. The van der Waals surface area contributed by atoms with Gasteiger partial charge in [-0.3, -0.25) is 9.59 Å². The van der Waals surface area contributed by atoms with Gasteiger partial charge in [-0.25, -0.2) is 0 Å². The van der Waals surface area contributed by atoms with Crippen LogP contribution in [0, 0.1) is 3.57 Å². The molecule has 1 rings (SSSR count). The first kappa shape index (κ1) is 16.4. The Labute approximate surface area is 135 Å². The quantitative estimate of drug-likeness (QED) is 0.713. The third kappa shape index (κ3) is 5.90. The Morgan fingerprint density at radius 2 is 1.95 bits per heavy atom. The molecule has 1 aromatic carbocycles. The second kappa shape index (κ2) is 6.69. The van der Waals surface area contributed by atoms with E-state index in [4.69, 9.17) is 0 Å². The monoisotopic (exact) mass is 438 g/mol. The van der Waals surface area contributed by atoms with Gasteiger partial charge >= 0.3 is 0 Å². The molecule has 0 saturated carbocycles. The molecular formula is C13H16BrIN2O2. The summed E-state index contributed by atoms with van der Waals surface area (Å²) in [7, 11) is 0. The molecule has 19 heavy (non-hydrogen) atoms. The van der Waals surface area contributed by atoms with Gasteiger partial charge in [0.25, 0.3) is 5.91 Å². The normalized spacial score (nSPS) is 11.0. The highest BCUT2D eigenvalue weighted by Crippen LogP contribution is 2.18. The number of rotatable bonds is 3. The minimum Gasteiger partial charge on any atom is -0.350 e. The first-order chi connectivity index (χ1) is 8.69. The molecule has 0 radical (unpaired) electrons. The molecular weight excluding hydrogens is 423 g/mol. The molecule has 104 valence electrons. The van der Waals surface area contributed by atoms with Crippen LogP contribution in [0.2, 0.25) is 0 Å². The molecule has 1 aromatic rings. The van der Waals surface area contributed by atoms with Crippen LogP contribution in [0.3, 0.4) is 0 Å². The van der Waals surface area contributed by atoms with Crippen molar-refractivity contribution in [1.29, 1.82) is 0 Å². The zero-order valence-electron chi connectivity index (χ0n) is 11.0. The smallest absolute Gasteiger partial charge is 0.252 e. The van der Waals surface area contributed by atoms with Crippen LogP contribution in [0.15, 0.2) is 22.7 Å². The molecule has 6 heteroatoms. The molecule has 2 amide bonds. The minimum atomic E-state index is -0.300. The number of halogens is 2. The van der Waals surface area contributed by atoms with Crippen molar-refractivity contribution in [3.8, 4) is 0 Å². The molecule has 0 spiro atoms. The Morgan fingerprint density at radius 1 is 1.32 bits per heavy atom. The van der Waals surface area contributed by atoms with Crippen molar-refractivity contribution in [2.24, 2.45) is 0 Å². The summed E-state index contributed by atoms with van der Waals surface area (Å²) in [5.74, 6) is -0.458. The van der Waals surface area contributed by atoms with Crippen LogP contribution in [0.4, 0.5) is 0 Å². The fourth-order valence-corrected chi connectivity index (χ4v) is 2.33. The summed E-state index contributed by atoms with van der Waals surface area (Å²) < 4.78 is 1.67. The summed E-state index contributed by atoms with van der Waals surface area (Å²) in [4.78, 5) is 23.6. The maximum atomic E-state index is 12.0. The van der Waals surface area contributed by atoms with Gasteiger partial charge in [0.1, 0.15) is 0 Å². The third-order valence-corrected chi connectivity index (χ3v) is 3.53. The highest BCUT2D eigenvalue weighted by molar-refractivity contribution is 14.1. The van der Waals surface area contributed by atoms with Crippen molar-refractivity contribution >= 4 is 50.3 Å². The molecule has 0 heterocycles. The number of carbonyl (C=O) groups excluding carboxylic acids is 2. The summed E-state index contributed by atoms with van der Waals surface area (Å²) in [5.41, 5.74) is 0.255. The first-order valence-corrected chi connectivity index (χ1v) is 7.60. The lowest BCUT2D eigenvalue weighted by Gasteiger charge is -2.20. The van der Waals surface area contributed by atoms with Crippen LogP contribution in [0.5, 0.6) is 0 Å². The molecule has 0 fully saturated rings. The highest BCUT2D eigenvalue weighted by Gasteiger charge is 2.15. The standard InChI is InChI=1S/C13H16BrIN2O2/c1-13(2,3)17-11(18)7-16-12(19)9-6-8(14)4-5-10(9)15/h4-6H,7H2,1-3H3,(H,16,19)(H,17,18). The van der Waals surface area contributed by atoms with Crippen LogP contribution in [0.25, 0.3) is 0 Å². The van der Waals surface area contributed by atoms with Crippen molar-refractivity contribution in [3.05, 3.63) is 31.8 Å². The number of hydrogen-bond donors (Lipinski definition) is 2. The van der Waals surface area contributed by atoms with Crippen LogP contribution < -0.4 is 10.6 Å². The average Bonchev–Trinajstić information content (AvgIpc) is 2.27. The van der Waals surface area contributed by atoms with Gasteiger partial charge in [0, 0.05) is 13.6 Å². The molecule has 0 unspecified atom stereocenters. The molecule has 0 atom stereocenters. The van der Waals surface area contributed by atoms with E-state index < -0.39 is 0 Å². The van der Waals surface area contributed by atoms with Gasteiger partial charge in [-0.15, -0.1) is 0 Å². The zero-order chi connectivity index (χ0) is 14.6. The fraction of sp³-hybridized carbons (Fsp3) is 0.385. The fourth-order valence-electron chi connectivity index (χ4n) is 1.39. The lowest BCUT2D eigenvalue weighted by atomic mass is 10.1. The number of carbonyl (C=O) groups is 2. The summed E-state index contributed by atoms with van der Waals surface area (Å²) in [6, 6.07) is 5.44. The Morgan fingerprint density at radius 3 is 2.53 bits per heavy atom. The van der Waals surface area contributed by atoms with E-state index in [1.54, 1.807) is 6.07 Å². The lowest BCUT2D eigenvalue weighted by molar-refractivity contribution is -0.121. The maximum absolute atomic E-state index is 12.0. The minimum absolute atomic E-state index is 0.0291. The van der Waals surface area contributed by atoms with Crippen LogP contribution in [-0.2, 0) is 4.79 Å². The topological polar surface area (TPSA) is 58.2 Å². The van der Waals surface area contributed by atoms with E-state index in [0.717, 1.165) is 8.04 Å². The molecule has 0 aliphatic carbocycles. The van der Waals surface area contributed by atoms with E-state index in [9.17, 15) is 9.59 Å². The number of nitrogens with one attached hydrogen (secondary N) is 2. The zero-order valence-corrected chi connectivity index (χ0v) is 14.8. The summed E-state index contributed by atoms with van der Waals surface area (Å²) in [5, 5.41) is 5.40. The predicted molar refractivity (Wildman–Crippen MR) is 87.1 cm³/mol. The molecule has 0 aliphatic heterocycles. The molecule has 0 aliphatic rings. The van der Waals surface area contributed by atoms with E-state index in [2.05, 4.69) is 49.2 Å². The summed E-state index contributed by atoms with van der Waals surface area (Å²) in [6.07, 6.45) is 0. The second-order valence-electron chi connectivity index (χ2n) is 5.11. The first-order valence-electron chi connectivity index (χ1n) is 5.73. The Kier molecular flexibility index (Phi) is 5.79. The largest absolute Gasteiger partial charge is 0.350 e. The van der Waals surface area contributed by atoms with E-state index in [-0.39, 0.29) is 23.9 Å². The van der Waals surface area contributed by atoms with Crippen molar-refractivity contribution in [3.63, 3.8) is 0 Å². The lowest BCUT2D eigenvalue weighted by Crippen LogP contribution is -2.45. The maximum Gasteiger partial charge on any atom is 0.252 e. The van der Waals surface area contributed by atoms with Crippen molar-refractivity contribution in [2.75, 3.05) is 6.54 Å². The highest BCUT2D eigenvalue weighted by atomic mass is 127. The Balaban J connectivity index is 2.61. The Hall–Kier alpha value is -0.630. The van der Waals surface area contributed by atoms with Crippen molar-refractivity contribution < 1.29 is 9.59 Å². The molecule has 4 nitrogen and oxygen atoms in total. The van der Waals surface area contributed by atoms with Crippen molar-refractivity contribution in [2.45, 2.75) is 26.3 Å². The van der Waals surface area contributed by atoms with E-state index >= 15 is 0 Å². The number of benzene rings is 1.